The number of carbonyl (C=O) groups is 3. The Morgan fingerprint density at radius 1 is 1.43 bits per heavy atom. The van der Waals surface area contributed by atoms with E-state index in [0.717, 1.165) is 7.11 Å². The summed E-state index contributed by atoms with van der Waals surface area (Å²) in [7, 11) is 1.16. The van der Waals surface area contributed by atoms with Gasteiger partial charge in [0.1, 0.15) is 17.6 Å². The third-order valence-corrected chi connectivity index (χ3v) is 3.71. The van der Waals surface area contributed by atoms with Crippen molar-refractivity contribution in [1.29, 1.82) is 5.26 Å². The quantitative estimate of drug-likeness (QED) is 0.665. The molecule has 0 saturated carbocycles. The highest BCUT2D eigenvalue weighted by atomic mass is 16.6. The molecule has 2 aliphatic rings. The highest BCUT2D eigenvalue weighted by Gasteiger charge is 2.63. The molecule has 0 unspecified atom stereocenters. The number of ether oxygens (including phenoxy) is 2. The molecule has 9 nitrogen and oxygen atoms in total. The first-order valence-corrected chi connectivity index (χ1v) is 7.09. The normalized spacial score (nSPS) is 29.7. The summed E-state index contributed by atoms with van der Waals surface area (Å²) in [5, 5.41) is 16.9. The standard InChI is InChI=1S/C14H18N4O5/c1-13(2,3)23-12(21)18-9(10(19)22-4)5-14(11(18)20)8(6-15)7-16-17-14/h8-9H,5,7H2,1-4H3/t8-,9-,14-/m0/s1. The molecule has 0 aliphatic carbocycles. The van der Waals surface area contributed by atoms with Crippen LogP contribution in [0.15, 0.2) is 10.2 Å². The largest absolute Gasteiger partial charge is 0.467 e. The van der Waals surface area contributed by atoms with Gasteiger partial charge in [-0.25, -0.2) is 14.5 Å². The zero-order valence-corrected chi connectivity index (χ0v) is 13.4. The number of imide groups is 1. The molecule has 2 amide bonds. The molecule has 0 aromatic heterocycles. The van der Waals surface area contributed by atoms with Crippen LogP contribution in [0, 0.1) is 17.2 Å². The molecule has 0 radical (unpaired) electrons. The second-order valence-corrected chi connectivity index (χ2v) is 6.43. The van der Waals surface area contributed by atoms with Crippen molar-refractivity contribution in [3.8, 4) is 6.07 Å². The number of esters is 1. The molecule has 0 N–H and O–H groups in total. The first-order valence-electron chi connectivity index (χ1n) is 7.09. The van der Waals surface area contributed by atoms with Gasteiger partial charge in [0.2, 0.25) is 0 Å². The highest BCUT2D eigenvalue weighted by Crippen LogP contribution is 2.42. The van der Waals surface area contributed by atoms with E-state index in [1.54, 1.807) is 20.8 Å². The fraction of sp³-hybridized carbons (Fsp3) is 0.714. The van der Waals surface area contributed by atoms with E-state index in [4.69, 9.17) is 4.74 Å². The van der Waals surface area contributed by atoms with Crippen LogP contribution < -0.4 is 0 Å². The van der Waals surface area contributed by atoms with Crippen molar-refractivity contribution in [2.75, 3.05) is 13.7 Å². The van der Waals surface area contributed by atoms with Gasteiger partial charge >= 0.3 is 12.1 Å². The van der Waals surface area contributed by atoms with Crippen molar-refractivity contribution in [1.82, 2.24) is 4.90 Å². The number of carbonyl (C=O) groups excluding carboxylic acids is 3. The predicted molar refractivity (Wildman–Crippen MR) is 75.1 cm³/mol. The number of methoxy groups -OCH3 is 1. The molecule has 1 spiro atoms. The van der Waals surface area contributed by atoms with Crippen molar-refractivity contribution in [2.45, 2.75) is 44.4 Å². The number of amides is 2. The zero-order chi connectivity index (χ0) is 17.4. The van der Waals surface area contributed by atoms with Crippen LogP contribution in [0.2, 0.25) is 0 Å². The first kappa shape index (κ1) is 16.9. The summed E-state index contributed by atoms with van der Waals surface area (Å²) in [4.78, 5) is 37.8. The lowest BCUT2D eigenvalue weighted by atomic mass is 9.84. The van der Waals surface area contributed by atoms with Gasteiger partial charge in [-0.05, 0) is 20.8 Å². The molecule has 0 bridgehead atoms. The molecule has 1 saturated heterocycles. The lowest BCUT2D eigenvalue weighted by molar-refractivity contribution is -0.148. The minimum absolute atomic E-state index is 0.0539. The molecular weight excluding hydrogens is 304 g/mol. The maximum Gasteiger partial charge on any atom is 0.417 e. The van der Waals surface area contributed by atoms with Crippen molar-refractivity contribution in [3.05, 3.63) is 0 Å². The van der Waals surface area contributed by atoms with Crippen LogP contribution in [0.25, 0.3) is 0 Å². The maximum atomic E-state index is 12.8. The van der Waals surface area contributed by atoms with Gasteiger partial charge in [0.05, 0.1) is 19.7 Å². The Labute approximate surface area is 133 Å². The molecule has 23 heavy (non-hydrogen) atoms. The summed E-state index contributed by atoms with van der Waals surface area (Å²) in [6.45, 7) is 4.98. The number of azo groups is 1. The molecule has 9 heteroatoms. The second-order valence-electron chi connectivity index (χ2n) is 6.43. The summed E-state index contributed by atoms with van der Waals surface area (Å²) in [5.74, 6) is -2.34. The smallest absolute Gasteiger partial charge is 0.417 e. The van der Waals surface area contributed by atoms with Gasteiger partial charge in [0, 0.05) is 6.42 Å². The minimum Gasteiger partial charge on any atom is -0.467 e. The van der Waals surface area contributed by atoms with Crippen LogP contribution >= 0.6 is 0 Å². The van der Waals surface area contributed by atoms with Gasteiger partial charge in [0.25, 0.3) is 5.91 Å². The topological polar surface area (TPSA) is 121 Å². The van der Waals surface area contributed by atoms with Crippen molar-refractivity contribution in [3.63, 3.8) is 0 Å². The van der Waals surface area contributed by atoms with E-state index in [0.29, 0.717) is 4.90 Å². The third kappa shape index (κ3) is 2.76. The number of likely N-dealkylation sites (tertiary alicyclic amines) is 1. The Kier molecular flexibility index (Phi) is 4.11. The highest BCUT2D eigenvalue weighted by molar-refractivity contribution is 6.05. The van der Waals surface area contributed by atoms with E-state index in [-0.39, 0.29) is 13.0 Å². The van der Waals surface area contributed by atoms with E-state index >= 15 is 0 Å². The molecule has 2 rings (SSSR count). The molecule has 2 heterocycles. The summed E-state index contributed by atoms with van der Waals surface area (Å²) in [6, 6.07) is 0.788. The zero-order valence-electron chi connectivity index (χ0n) is 13.4. The van der Waals surface area contributed by atoms with Gasteiger partial charge in [-0.15, -0.1) is 0 Å². The average Bonchev–Trinajstić information content (AvgIpc) is 2.99. The lowest BCUT2D eigenvalue weighted by Crippen LogP contribution is -2.48. The van der Waals surface area contributed by atoms with Crippen molar-refractivity contribution in [2.24, 2.45) is 16.1 Å². The van der Waals surface area contributed by atoms with E-state index < -0.39 is 41.1 Å². The Hall–Kier alpha value is -2.50. The van der Waals surface area contributed by atoms with Crippen LogP contribution in [-0.2, 0) is 19.1 Å². The number of hydrogen-bond donors (Lipinski definition) is 0. The first-order chi connectivity index (χ1) is 10.7. The molecule has 124 valence electrons. The summed E-state index contributed by atoms with van der Waals surface area (Å²) in [5.41, 5.74) is -2.37. The summed E-state index contributed by atoms with van der Waals surface area (Å²) >= 11 is 0. The SMILES string of the molecule is COC(=O)[C@@H]1C[C@@]2(N=NC[C@@H]2C#N)C(=O)N1C(=O)OC(C)(C)C. The van der Waals surface area contributed by atoms with Gasteiger partial charge in [-0.1, -0.05) is 0 Å². The van der Waals surface area contributed by atoms with Gasteiger partial charge in [0.15, 0.2) is 5.54 Å². The summed E-state index contributed by atoms with van der Waals surface area (Å²) in [6.07, 6.45) is -1.10. The van der Waals surface area contributed by atoms with E-state index in [9.17, 15) is 19.6 Å². The van der Waals surface area contributed by atoms with Gasteiger partial charge in [-0.3, -0.25) is 4.79 Å². The third-order valence-electron chi connectivity index (χ3n) is 3.71. The van der Waals surface area contributed by atoms with E-state index in [1.807, 2.05) is 6.07 Å². The molecule has 1 fully saturated rings. The van der Waals surface area contributed by atoms with E-state index in [2.05, 4.69) is 15.0 Å². The van der Waals surface area contributed by atoms with E-state index in [1.165, 1.54) is 0 Å². The van der Waals surface area contributed by atoms with Crippen LogP contribution in [0.1, 0.15) is 27.2 Å². The average molecular weight is 322 g/mol. The van der Waals surface area contributed by atoms with Crippen LogP contribution in [0.3, 0.4) is 0 Å². The minimum atomic E-state index is -1.52. The monoisotopic (exact) mass is 322 g/mol. The molecule has 0 aromatic carbocycles. The Morgan fingerprint density at radius 3 is 2.61 bits per heavy atom. The number of nitriles is 1. The number of nitrogens with zero attached hydrogens (tertiary/aromatic N) is 4. The summed E-state index contributed by atoms with van der Waals surface area (Å²) < 4.78 is 9.86. The van der Waals surface area contributed by atoms with Gasteiger partial charge in [-0.2, -0.15) is 15.5 Å². The van der Waals surface area contributed by atoms with Crippen molar-refractivity contribution < 1.29 is 23.9 Å². The Balaban J connectivity index is 2.40. The fourth-order valence-electron chi connectivity index (χ4n) is 2.66. The predicted octanol–water partition coefficient (Wildman–Crippen LogP) is 1.04. The van der Waals surface area contributed by atoms with Crippen LogP contribution in [-0.4, -0.2) is 53.7 Å². The lowest BCUT2D eigenvalue weighted by Gasteiger charge is -2.26. The maximum absolute atomic E-state index is 12.8. The van der Waals surface area contributed by atoms with Gasteiger partial charge < -0.3 is 9.47 Å². The van der Waals surface area contributed by atoms with Crippen molar-refractivity contribution >= 4 is 18.0 Å². The molecule has 0 aromatic rings. The fourth-order valence-corrected chi connectivity index (χ4v) is 2.66. The van der Waals surface area contributed by atoms with Crippen LogP contribution in [0.5, 0.6) is 0 Å². The molecular formula is C14H18N4O5. The Morgan fingerprint density at radius 2 is 2.09 bits per heavy atom. The number of hydrogen-bond acceptors (Lipinski definition) is 8. The molecule has 2 aliphatic heterocycles. The second kappa shape index (κ2) is 5.61. The Bertz CT molecular complexity index is 618. The number of rotatable bonds is 1. The molecule has 3 atom stereocenters. The van der Waals surface area contributed by atoms with Crippen LogP contribution in [0.4, 0.5) is 4.79 Å².